The zero-order chi connectivity index (χ0) is 24.4. The molecule has 0 amide bonds. The normalized spacial score (nSPS) is 18.8. The van der Waals surface area contributed by atoms with Gasteiger partial charge in [-0.25, -0.2) is 4.79 Å². The van der Waals surface area contributed by atoms with E-state index < -0.39 is 5.97 Å². The third-order valence-corrected chi connectivity index (χ3v) is 7.07. The monoisotopic (exact) mass is 530 g/mol. The quantitative estimate of drug-likeness (QED) is 0.280. The van der Waals surface area contributed by atoms with E-state index in [2.05, 4.69) is 79.9 Å². The number of hydrogen-bond donors (Lipinski definition) is 1. The van der Waals surface area contributed by atoms with Crippen molar-refractivity contribution in [2.24, 2.45) is 0 Å². The van der Waals surface area contributed by atoms with E-state index in [-0.39, 0.29) is 17.8 Å². The minimum atomic E-state index is -0.530. The molecule has 0 spiro atoms. The molecule has 1 heterocycles. The summed E-state index contributed by atoms with van der Waals surface area (Å²) in [6, 6.07) is 27.1. The number of hydrogen-bond acceptors (Lipinski definition) is 5. The first kappa shape index (κ1) is 23.3. The van der Waals surface area contributed by atoms with Crippen LogP contribution >= 0.6 is 15.9 Å². The number of benzene rings is 3. The third-order valence-electron chi connectivity index (χ3n) is 6.58. The molecule has 178 valence electrons. The molecule has 1 fully saturated rings. The molecular formula is C28H27BrN4O2. The van der Waals surface area contributed by atoms with Crippen LogP contribution in [0.3, 0.4) is 0 Å². The van der Waals surface area contributed by atoms with Gasteiger partial charge in [-0.2, -0.15) is 9.67 Å². The van der Waals surface area contributed by atoms with Gasteiger partial charge in [0.2, 0.25) is 5.95 Å². The van der Waals surface area contributed by atoms with Crippen molar-refractivity contribution in [3.05, 3.63) is 106 Å². The fourth-order valence-electron chi connectivity index (χ4n) is 4.66. The molecule has 1 saturated carbocycles. The summed E-state index contributed by atoms with van der Waals surface area (Å²) in [4.78, 5) is 16.9. The molecule has 3 aromatic carbocycles. The molecule has 0 saturated heterocycles. The van der Waals surface area contributed by atoms with Gasteiger partial charge in [0.15, 0.2) is 0 Å². The molecule has 7 heteroatoms. The van der Waals surface area contributed by atoms with Gasteiger partial charge in [-0.1, -0.05) is 76.1 Å². The molecule has 1 aromatic heterocycles. The number of nitrogens with zero attached hydrogens (tertiary/aromatic N) is 3. The van der Waals surface area contributed by atoms with Crippen LogP contribution in [0.25, 0.3) is 5.69 Å². The summed E-state index contributed by atoms with van der Waals surface area (Å²) in [5, 5.41) is 8.00. The van der Waals surface area contributed by atoms with E-state index >= 15 is 0 Å². The number of esters is 1. The van der Waals surface area contributed by atoms with Crippen LogP contribution in [-0.2, 0) is 10.2 Å². The standard InChI is InChI=1S/C28H27BrN4O2/c1-3-35-26(34)25-31-27(33(32-25)23-14-12-19(2)13-15-23)30-18-28(21-9-5-4-6-10-21)17-24(28)20-8-7-11-22(29)16-20/h4-16,24H,3,17-18H2,1-2H3,(H,30,31,32)/t24-,28-/m1/s1. The zero-order valence-electron chi connectivity index (χ0n) is 19.7. The summed E-state index contributed by atoms with van der Waals surface area (Å²) < 4.78 is 7.92. The number of carbonyl (C=O) groups is 1. The summed E-state index contributed by atoms with van der Waals surface area (Å²) in [5.41, 5.74) is 4.47. The Balaban J connectivity index is 1.48. The Morgan fingerprint density at radius 3 is 2.60 bits per heavy atom. The Morgan fingerprint density at radius 1 is 1.11 bits per heavy atom. The van der Waals surface area contributed by atoms with Crippen molar-refractivity contribution in [1.29, 1.82) is 0 Å². The third kappa shape index (κ3) is 4.73. The van der Waals surface area contributed by atoms with Gasteiger partial charge in [0, 0.05) is 16.4 Å². The summed E-state index contributed by atoms with van der Waals surface area (Å²) >= 11 is 3.62. The van der Waals surface area contributed by atoms with Gasteiger partial charge in [-0.15, -0.1) is 5.10 Å². The topological polar surface area (TPSA) is 69.0 Å². The molecule has 4 aromatic rings. The van der Waals surface area contributed by atoms with E-state index in [1.54, 1.807) is 11.6 Å². The fourth-order valence-corrected chi connectivity index (χ4v) is 5.08. The van der Waals surface area contributed by atoms with Crippen LogP contribution in [-0.4, -0.2) is 33.9 Å². The molecule has 2 atom stereocenters. The average Bonchev–Trinajstić information content (AvgIpc) is 3.46. The number of aryl methyl sites for hydroxylation is 1. The Bertz CT molecular complexity index is 1340. The van der Waals surface area contributed by atoms with E-state index in [1.165, 1.54) is 11.1 Å². The molecular weight excluding hydrogens is 504 g/mol. The van der Waals surface area contributed by atoms with Gasteiger partial charge in [0.05, 0.1) is 12.3 Å². The number of anilines is 1. The van der Waals surface area contributed by atoms with Crippen LogP contribution in [0, 0.1) is 6.92 Å². The van der Waals surface area contributed by atoms with Gasteiger partial charge in [0.1, 0.15) is 0 Å². The molecule has 1 aliphatic carbocycles. The Hall–Kier alpha value is -3.45. The summed E-state index contributed by atoms with van der Waals surface area (Å²) in [6.45, 7) is 4.73. The maximum absolute atomic E-state index is 12.4. The molecule has 0 bridgehead atoms. The molecule has 0 unspecified atom stereocenters. The predicted octanol–water partition coefficient (Wildman–Crippen LogP) is 6.05. The SMILES string of the molecule is CCOC(=O)c1nc(NC[C@@]2(c3ccccc3)C[C@@H]2c2cccc(Br)c2)n(-c2ccc(C)cc2)n1. The van der Waals surface area contributed by atoms with Crippen molar-refractivity contribution < 1.29 is 9.53 Å². The van der Waals surface area contributed by atoms with Crippen LogP contribution in [0.1, 0.15) is 46.6 Å². The molecule has 1 aliphatic rings. The Labute approximate surface area is 213 Å². The van der Waals surface area contributed by atoms with Crippen LogP contribution < -0.4 is 5.32 Å². The predicted molar refractivity (Wildman–Crippen MR) is 140 cm³/mol. The van der Waals surface area contributed by atoms with Gasteiger partial charge < -0.3 is 10.1 Å². The summed E-state index contributed by atoms with van der Waals surface area (Å²) in [5.74, 6) is 0.405. The van der Waals surface area contributed by atoms with Crippen LogP contribution in [0.4, 0.5) is 5.95 Å². The van der Waals surface area contributed by atoms with Crippen molar-refractivity contribution in [3.63, 3.8) is 0 Å². The van der Waals surface area contributed by atoms with Crippen molar-refractivity contribution in [3.8, 4) is 5.69 Å². The van der Waals surface area contributed by atoms with Gasteiger partial charge in [-0.3, -0.25) is 0 Å². The Kier molecular flexibility index (Phi) is 6.43. The number of ether oxygens (including phenoxy) is 1. The number of rotatable bonds is 8. The average molecular weight is 531 g/mol. The first-order valence-corrected chi connectivity index (χ1v) is 12.6. The maximum Gasteiger partial charge on any atom is 0.378 e. The molecule has 5 rings (SSSR count). The lowest BCUT2D eigenvalue weighted by Crippen LogP contribution is -2.23. The lowest BCUT2D eigenvalue weighted by atomic mass is 9.90. The highest BCUT2D eigenvalue weighted by molar-refractivity contribution is 9.10. The largest absolute Gasteiger partial charge is 0.460 e. The number of nitrogens with one attached hydrogen (secondary N) is 1. The van der Waals surface area contributed by atoms with Crippen molar-refractivity contribution in [1.82, 2.24) is 14.8 Å². The zero-order valence-corrected chi connectivity index (χ0v) is 21.3. The van der Waals surface area contributed by atoms with E-state index in [0.717, 1.165) is 22.1 Å². The smallest absolute Gasteiger partial charge is 0.378 e. The second kappa shape index (κ2) is 9.66. The minimum absolute atomic E-state index is 0.0445. The summed E-state index contributed by atoms with van der Waals surface area (Å²) in [7, 11) is 0. The molecule has 35 heavy (non-hydrogen) atoms. The maximum atomic E-state index is 12.4. The highest BCUT2D eigenvalue weighted by atomic mass is 79.9. The number of aromatic nitrogens is 3. The Morgan fingerprint density at radius 2 is 1.89 bits per heavy atom. The number of carbonyl (C=O) groups excluding carboxylic acids is 1. The van der Waals surface area contributed by atoms with Crippen molar-refractivity contribution in [2.75, 3.05) is 18.5 Å². The fraction of sp³-hybridized carbons (Fsp3) is 0.250. The second-order valence-corrected chi connectivity index (χ2v) is 9.83. The second-order valence-electron chi connectivity index (χ2n) is 8.91. The highest BCUT2D eigenvalue weighted by Gasteiger charge is 2.55. The first-order valence-electron chi connectivity index (χ1n) is 11.8. The highest BCUT2D eigenvalue weighted by Crippen LogP contribution is 2.60. The van der Waals surface area contributed by atoms with E-state index in [4.69, 9.17) is 4.74 Å². The first-order chi connectivity index (χ1) is 17.0. The van der Waals surface area contributed by atoms with E-state index in [1.807, 2.05) is 37.3 Å². The van der Waals surface area contributed by atoms with Crippen LogP contribution in [0.15, 0.2) is 83.3 Å². The lowest BCUT2D eigenvalue weighted by molar-refractivity contribution is 0.0512. The van der Waals surface area contributed by atoms with E-state index in [9.17, 15) is 4.79 Å². The lowest BCUT2D eigenvalue weighted by Gasteiger charge is -2.20. The van der Waals surface area contributed by atoms with E-state index in [0.29, 0.717) is 18.4 Å². The molecule has 0 aliphatic heterocycles. The summed E-state index contributed by atoms with van der Waals surface area (Å²) in [6.07, 6.45) is 1.02. The van der Waals surface area contributed by atoms with Gasteiger partial charge >= 0.3 is 5.97 Å². The van der Waals surface area contributed by atoms with Crippen molar-refractivity contribution in [2.45, 2.75) is 31.6 Å². The molecule has 1 N–H and O–H groups in total. The van der Waals surface area contributed by atoms with Gasteiger partial charge in [0.25, 0.3) is 5.82 Å². The van der Waals surface area contributed by atoms with Crippen LogP contribution in [0.5, 0.6) is 0 Å². The molecule has 6 nitrogen and oxygen atoms in total. The number of halogens is 1. The van der Waals surface area contributed by atoms with Gasteiger partial charge in [-0.05, 0) is 61.6 Å². The molecule has 0 radical (unpaired) electrons. The van der Waals surface area contributed by atoms with Crippen LogP contribution in [0.2, 0.25) is 0 Å². The minimum Gasteiger partial charge on any atom is -0.460 e. The van der Waals surface area contributed by atoms with Crippen molar-refractivity contribution >= 4 is 27.8 Å².